The zero-order valence-electron chi connectivity index (χ0n) is 13.4. The Morgan fingerprint density at radius 3 is 2.67 bits per heavy atom. The fourth-order valence-electron chi connectivity index (χ4n) is 1.86. The summed E-state index contributed by atoms with van der Waals surface area (Å²) in [4.78, 5) is 11.6. The minimum atomic E-state index is -0.138. The molecule has 0 bridgehead atoms. The minimum absolute atomic E-state index is 0.0119. The first-order chi connectivity index (χ1) is 10.1. The first-order valence-corrected chi connectivity index (χ1v) is 7.36. The van der Waals surface area contributed by atoms with Crippen molar-refractivity contribution in [1.82, 2.24) is 10.6 Å². The summed E-state index contributed by atoms with van der Waals surface area (Å²) < 4.78 is 10.8. The second-order valence-electron chi connectivity index (χ2n) is 5.17. The van der Waals surface area contributed by atoms with Crippen molar-refractivity contribution in [3.63, 3.8) is 0 Å². The molecule has 1 amide bonds. The molecule has 0 unspecified atom stereocenters. The average molecular weight is 294 g/mol. The maximum atomic E-state index is 11.6. The van der Waals surface area contributed by atoms with Crippen molar-refractivity contribution in [2.75, 3.05) is 20.3 Å². The van der Waals surface area contributed by atoms with Gasteiger partial charge in [0.15, 0.2) is 18.1 Å². The maximum Gasteiger partial charge on any atom is 0.258 e. The van der Waals surface area contributed by atoms with Crippen LogP contribution in [-0.2, 0) is 11.3 Å². The SMILES string of the molecule is CCCNCc1ccc(OCC(=O)NC(C)C)c(OC)c1. The van der Waals surface area contributed by atoms with E-state index in [2.05, 4.69) is 17.6 Å². The molecule has 0 heterocycles. The Hall–Kier alpha value is -1.75. The van der Waals surface area contributed by atoms with Gasteiger partial charge in [-0.25, -0.2) is 0 Å². The lowest BCUT2D eigenvalue weighted by atomic mass is 10.2. The molecule has 5 nitrogen and oxygen atoms in total. The molecule has 1 aromatic rings. The van der Waals surface area contributed by atoms with Gasteiger partial charge in [0.2, 0.25) is 0 Å². The Balaban J connectivity index is 2.59. The monoisotopic (exact) mass is 294 g/mol. The van der Waals surface area contributed by atoms with Crippen molar-refractivity contribution >= 4 is 5.91 Å². The third-order valence-electron chi connectivity index (χ3n) is 2.79. The summed E-state index contributed by atoms with van der Waals surface area (Å²) in [7, 11) is 1.60. The van der Waals surface area contributed by atoms with Gasteiger partial charge in [0, 0.05) is 12.6 Å². The lowest BCUT2D eigenvalue weighted by molar-refractivity contribution is -0.123. The van der Waals surface area contributed by atoms with Gasteiger partial charge in [-0.2, -0.15) is 0 Å². The first-order valence-electron chi connectivity index (χ1n) is 7.36. The molecule has 0 aliphatic carbocycles. The molecule has 0 atom stereocenters. The number of amides is 1. The van der Waals surface area contributed by atoms with Gasteiger partial charge in [-0.3, -0.25) is 4.79 Å². The number of ether oxygens (including phenoxy) is 2. The number of benzene rings is 1. The van der Waals surface area contributed by atoms with Gasteiger partial charge < -0.3 is 20.1 Å². The fourth-order valence-corrected chi connectivity index (χ4v) is 1.86. The van der Waals surface area contributed by atoms with E-state index in [0.717, 1.165) is 25.1 Å². The fraction of sp³-hybridized carbons (Fsp3) is 0.562. The van der Waals surface area contributed by atoms with Crippen LogP contribution in [0.3, 0.4) is 0 Å². The van der Waals surface area contributed by atoms with E-state index in [9.17, 15) is 4.79 Å². The van der Waals surface area contributed by atoms with Crippen molar-refractivity contribution < 1.29 is 14.3 Å². The van der Waals surface area contributed by atoms with Crippen LogP contribution in [0.1, 0.15) is 32.8 Å². The lowest BCUT2D eigenvalue weighted by Gasteiger charge is -2.13. The van der Waals surface area contributed by atoms with Crippen LogP contribution in [0.15, 0.2) is 18.2 Å². The standard InChI is InChI=1S/C16H26N2O3/c1-5-8-17-10-13-6-7-14(15(9-13)20-4)21-11-16(19)18-12(2)3/h6-7,9,12,17H,5,8,10-11H2,1-4H3,(H,18,19). The lowest BCUT2D eigenvalue weighted by Crippen LogP contribution is -2.34. The van der Waals surface area contributed by atoms with Crippen LogP contribution in [0.4, 0.5) is 0 Å². The van der Waals surface area contributed by atoms with E-state index in [-0.39, 0.29) is 18.6 Å². The molecule has 0 aromatic heterocycles. The van der Waals surface area contributed by atoms with Gasteiger partial charge in [-0.15, -0.1) is 0 Å². The summed E-state index contributed by atoms with van der Waals surface area (Å²) in [5.41, 5.74) is 1.12. The molecule has 0 spiro atoms. The number of hydrogen-bond acceptors (Lipinski definition) is 4. The highest BCUT2D eigenvalue weighted by atomic mass is 16.5. The Bertz CT molecular complexity index is 447. The van der Waals surface area contributed by atoms with Gasteiger partial charge in [-0.05, 0) is 44.5 Å². The molecule has 0 aliphatic heterocycles. The third kappa shape index (κ3) is 6.49. The summed E-state index contributed by atoms with van der Waals surface area (Å²) in [6, 6.07) is 5.85. The van der Waals surface area contributed by atoms with Crippen LogP contribution in [0.2, 0.25) is 0 Å². The third-order valence-corrected chi connectivity index (χ3v) is 2.79. The molecular weight excluding hydrogens is 268 g/mol. The van der Waals surface area contributed by atoms with E-state index < -0.39 is 0 Å². The molecule has 5 heteroatoms. The van der Waals surface area contributed by atoms with E-state index in [1.807, 2.05) is 32.0 Å². The Morgan fingerprint density at radius 2 is 2.05 bits per heavy atom. The molecule has 0 saturated heterocycles. The summed E-state index contributed by atoms with van der Waals surface area (Å²) >= 11 is 0. The van der Waals surface area contributed by atoms with E-state index in [1.165, 1.54) is 0 Å². The van der Waals surface area contributed by atoms with Crippen LogP contribution in [-0.4, -0.2) is 32.2 Å². The second kappa shape index (κ2) is 9.23. The van der Waals surface area contributed by atoms with Crippen molar-refractivity contribution in [3.8, 4) is 11.5 Å². The minimum Gasteiger partial charge on any atom is -0.493 e. The predicted octanol–water partition coefficient (Wildman–Crippen LogP) is 2.10. The second-order valence-corrected chi connectivity index (χ2v) is 5.17. The molecular formula is C16H26N2O3. The largest absolute Gasteiger partial charge is 0.493 e. The van der Waals surface area contributed by atoms with E-state index in [4.69, 9.17) is 9.47 Å². The van der Waals surface area contributed by atoms with Crippen molar-refractivity contribution in [2.45, 2.75) is 39.8 Å². The van der Waals surface area contributed by atoms with Crippen LogP contribution >= 0.6 is 0 Å². The van der Waals surface area contributed by atoms with Crippen molar-refractivity contribution in [2.24, 2.45) is 0 Å². The predicted molar refractivity (Wildman–Crippen MR) is 83.8 cm³/mol. The Labute approximate surface area is 127 Å². The number of nitrogens with one attached hydrogen (secondary N) is 2. The number of hydrogen-bond donors (Lipinski definition) is 2. The van der Waals surface area contributed by atoms with Gasteiger partial charge >= 0.3 is 0 Å². The Kier molecular flexibility index (Phi) is 7.61. The van der Waals surface area contributed by atoms with Crippen LogP contribution in [0.5, 0.6) is 11.5 Å². The van der Waals surface area contributed by atoms with Gasteiger partial charge in [0.25, 0.3) is 5.91 Å². The van der Waals surface area contributed by atoms with Gasteiger partial charge in [0.05, 0.1) is 7.11 Å². The Morgan fingerprint density at radius 1 is 1.29 bits per heavy atom. The molecule has 0 aliphatic rings. The van der Waals surface area contributed by atoms with Gasteiger partial charge in [-0.1, -0.05) is 13.0 Å². The van der Waals surface area contributed by atoms with Crippen LogP contribution in [0.25, 0.3) is 0 Å². The smallest absolute Gasteiger partial charge is 0.258 e. The molecule has 0 fully saturated rings. The zero-order valence-corrected chi connectivity index (χ0v) is 13.4. The molecule has 0 saturated carbocycles. The van der Waals surface area contributed by atoms with E-state index >= 15 is 0 Å². The zero-order chi connectivity index (χ0) is 15.7. The molecule has 1 rings (SSSR count). The molecule has 1 aromatic carbocycles. The normalized spacial score (nSPS) is 10.5. The summed E-state index contributed by atoms with van der Waals surface area (Å²) in [6.45, 7) is 7.72. The number of methoxy groups -OCH3 is 1. The first kappa shape index (κ1) is 17.3. The summed E-state index contributed by atoms with van der Waals surface area (Å²) in [5.74, 6) is 1.08. The maximum absolute atomic E-state index is 11.6. The highest BCUT2D eigenvalue weighted by molar-refractivity contribution is 5.77. The summed E-state index contributed by atoms with van der Waals surface area (Å²) in [6.07, 6.45) is 1.10. The average Bonchev–Trinajstić information content (AvgIpc) is 2.45. The highest BCUT2D eigenvalue weighted by Gasteiger charge is 2.09. The topological polar surface area (TPSA) is 59.6 Å². The van der Waals surface area contributed by atoms with Crippen LogP contribution < -0.4 is 20.1 Å². The molecule has 2 N–H and O–H groups in total. The number of carbonyl (C=O) groups excluding carboxylic acids is 1. The quantitative estimate of drug-likeness (QED) is 0.685. The van der Waals surface area contributed by atoms with E-state index in [0.29, 0.717) is 11.5 Å². The van der Waals surface area contributed by atoms with E-state index in [1.54, 1.807) is 7.11 Å². The van der Waals surface area contributed by atoms with Crippen molar-refractivity contribution in [1.29, 1.82) is 0 Å². The summed E-state index contributed by atoms with van der Waals surface area (Å²) in [5, 5.41) is 6.11. The van der Waals surface area contributed by atoms with Gasteiger partial charge in [0.1, 0.15) is 0 Å². The van der Waals surface area contributed by atoms with Crippen molar-refractivity contribution in [3.05, 3.63) is 23.8 Å². The molecule has 0 radical (unpaired) electrons. The number of carbonyl (C=O) groups is 1. The molecule has 118 valence electrons. The van der Waals surface area contributed by atoms with Crippen LogP contribution in [0, 0.1) is 0 Å². The molecule has 21 heavy (non-hydrogen) atoms. The highest BCUT2D eigenvalue weighted by Crippen LogP contribution is 2.27. The number of rotatable bonds is 9.